The molecule has 1 aromatic heterocycles. The number of aryl methyl sites for hydroxylation is 1. The van der Waals surface area contributed by atoms with Crippen LogP contribution in [0, 0.1) is 12.8 Å². The molecule has 0 aliphatic rings. The quantitative estimate of drug-likeness (QED) is 0.779. The van der Waals surface area contributed by atoms with Crippen LogP contribution in [0.3, 0.4) is 0 Å². The van der Waals surface area contributed by atoms with Gasteiger partial charge in [0.1, 0.15) is 17.3 Å². The van der Waals surface area contributed by atoms with Gasteiger partial charge in [-0.2, -0.15) is 0 Å². The second kappa shape index (κ2) is 5.24. The molecule has 0 spiro atoms. The van der Waals surface area contributed by atoms with Crippen molar-refractivity contribution in [1.82, 2.24) is 9.55 Å². The van der Waals surface area contributed by atoms with E-state index < -0.39 is 0 Å². The molecule has 0 saturated heterocycles. The maximum absolute atomic E-state index is 6.33. The molecule has 0 atom stereocenters. The number of rotatable bonds is 3. The van der Waals surface area contributed by atoms with Gasteiger partial charge >= 0.3 is 0 Å². The van der Waals surface area contributed by atoms with Crippen LogP contribution < -0.4 is 5.73 Å². The number of benzene rings is 2. The van der Waals surface area contributed by atoms with Crippen LogP contribution in [0.4, 0.5) is 5.82 Å². The third kappa shape index (κ3) is 2.51. The lowest BCUT2D eigenvalue weighted by Gasteiger charge is -2.10. The van der Waals surface area contributed by atoms with Crippen molar-refractivity contribution in [2.45, 2.75) is 27.3 Å². The average Bonchev–Trinajstić information content (AvgIpc) is 2.74. The molecule has 2 aromatic carbocycles. The van der Waals surface area contributed by atoms with Gasteiger partial charge in [-0.15, -0.1) is 0 Å². The molecule has 0 aliphatic heterocycles. The van der Waals surface area contributed by atoms with Gasteiger partial charge in [-0.1, -0.05) is 50.2 Å². The molecule has 3 nitrogen and oxygen atoms in total. The minimum Gasteiger partial charge on any atom is -0.383 e. The lowest BCUT2D eigenvalue weighted by Crippen LogP contribution is -2.09. The van der Waals surface area contributed by atoms with E-state index >= 15 is 0 Å². The number of nitrogens with two attached hydrogens (primary N) is 1. The molecule has 108 valence electrons. The molecule has 3 rings (SSSR count). The van der Waals surface area contributed by atoms with Gasteiger partial charge in [0, 0.05) is 12.1 Å². The fraction of sp³-hybridized carbons (Fsp3) is 0.278. The van der Waals surface area contributed by atoms with Gasteiger partial charge in [0.05, 0.1) is 0 Å². The zero-order valence-electron chi connectivity index (χ0n) is 12.8. The largest absolute Gasteiger partial charge is 0.383 e. The third-order valence-corrected chi connectivity index (χ3v) is 3.77. The van der Waals surface area contributed by atoms with Gasteiger partial charge in [0.15, 0.2) is 0 Å². The lowest BCUT2D eigenvalue weighted by atomic mass is 10.1. The second-order valence-electron chi connectivity index (χ2n) is 5.96. The molecule has 0 bridgehead atoms. The normalized spacial score (nSPS) is 11.4. The van der Waals surface area contributed by atoms with Gasteiger partial charge in [-0.25, -0.2) is 4.98 Å². The first-order valence-corrected chi connectivity index (χ1v) is 7.38. The number of hydrogen-bond donors (Lipinski definition) is 1. The van der Waals surface area contributed by atoms with Crippen LogP contribution in [0.5, 0.6) is 0 Å². The highest BCUT2D eigenvalue weighted by atomic mass is 15.1. The zero-order valence-corrected chi connectivity index (χ0v) is 12.8. The summed E-state index contributed by atoms with van der Waals surface area (Å²) in [6.45, 7) is 7.30. The highest BCUT2D eigenvalue weighted by Crippen LogP contribution is 2.29. The van der Waals surface area contributed by atoms with E-state index in [0.29, 0.717) is 5.92 Å². The Bertz CT molecular complexity index is 784. The number of hydrogen-bond acceptors (Lipinski definition) is 2. The third-order valence-electron chi connectivity index (χ3n) is 3.77. The first-order valence-electron chi connectivity index (χ1n) is 7.38. The summed E-state index contributed by atoms with van der Waals surface area (Å²) in [5.74, 6) is 2.28. The summed E-state index contributed by atoms with van der Waals surface area (Å²) in [4.78, 5) is 4.68. The van der Waals surface area contributed by atoms with E-state index in [9.17, 15) is 0 Å². The van der Waals surface area contributed by atoms with E-state index in [1.807, 2.05) is 6.92 Å². The summed E-state index contributed by atoms with van der Waals surface area (Å²) in [7, 11) is 0. The summed E-state index contributed by atoms with van der Waals surface area (Å²) >= 11 is 0. The van der Waals surface area contributed by atoms with Crippen LogP contribution in [-0.2, 0) is 6.54 Å². The monoisotopic (exact) mass is 279 g/mol. The summed E-state index contributed by atoms with van der Waals surface area (Å²) in [5, 5.41) is 2.45. The van der Waals surface area contributed by atoms with E-state index in [2.05, 4.69) is 65.9 Å². The van der Waals surface area contributed by atoms with Crippen molar-refractivity contribution in [3.05, 3.63) is 48.3 Å². The Morgan fingerprint density at radius 3 is 2.52 bits per heavy atom. The van der Waals surface area contributed by atoms with Gasteiger partial charge in [0.2, 0.25) is 0 Å². The molecular weight excluding hydrogens is 258 g/mol. The van der Waals surface area contributed by atoms with Crippen LogP contribution in [-0.4, -0.2) is 9.55 Å². The molecule has 3 heteroatoms. The lowest BCUT2D eigenvalue weighted by molar-refractivity contribution is 0.518. The number of nitrogens with zero attached hydrogens (tertiary/aromatic N) is 2. The van der Waals surface area contributed by atoms with Crippen LogP contribution in [0.15, 0.2) is 42.5 Å². The average molecular weight is 279 g/mol. The van der Waals surface area contributed by atoms with Crippen LogP contribution in [0.25, 0.3) is 22.0 Å². The number of nitrogen functional groups attached to an aromatic ring is 1. The maximum atomic E-state index is 6.33. The molecule has 2 N–H and O–H groups in total. The van der Waals surface area contributed by atoms with Crippen LogP contribution in [0.1, 0.15) is 19.7 Å². The Morgan fingerprint density at radius 2 is 1.81 bits per heavy atom. The van der Waals surface area contributed by atoms with Crippen molar-refractivity contribution in [2.75, 3.05) is 5.73 Å². The molecule has 21 heavy (non-hydrogen) atoms. The number of imidazole rings is 1. The topological polar surface area (TPSA) is 43.8 Å². The molecule has 0 radical (unpaired) electrons. The first kappa shape index (κ1) is 13.7. The van der Waals surface area contributed by atoms with Gasteiger partial charge in [0.25, 0.3) is 0 Å². The summed E-state index contributed by atoms with van der Waals surface area (Å²) < 4.78 is 2.11. The van der Waals surface area contributed by atoms with Gasteiger partial charge in [-0.3, -0.25) is 0 Å². The van der Waals surface area contributed by atoms with Crippen molar-refractivity contribution in [2.24, 2.45) is 5.92 Å². The summed E-state index contributed by atoms with van der Waals surface area (Å²) in [6.07, 6.45) is 0. The predicted octanol–water partition coefficient (Wildman–Crippen LogP) is 4.25. The van der Waals surface area contributed by atoms with Crippen molar-refractivity contribution in [3.63, 3.8) is 0 Å². The van der Waals surface area contributed by atoms with Crippen molar-refractivity contribution in [3.8, 4) is 11.3 Å². The molecule has 0 saturated carbocycles. The fourth-order valence-electron chi connectivity index (χ4n) is 2.73. The Morgan fingerprint density at radius 1 is 1.10 bits per heavy atom. The minimum atomic E-state index is 0.546. The van der Waals surface area contributed by atoms with Crippen molar-refractivity contribution >= 4 is 16.6 Å². The van der Waals surface area contributed by atoms with Crippen LogP contribution in [0.2, 0.25) is 0 Å². The van der Waals surface area contributed by atoms with E-state index in [0.717, 1.165) is 29.4 Å². The standard InChI is InChI=1S/C18H21N3/c1-12(2)11-21-13(3)20-17(18(21)19)16-9-8-14-6-4-5-7-15(14)10-16/h4-10,12H,11,19H2,1-3H3. The Hall–Kier alpha value is -2.29. The molecule has 0 unspecified atom stereocenters. The van der Waals surface area contributed by atoms with Crippen LogP contribution >= 0.6 is 0 Å². The molecule has 3 aromatic rings. The summed E-state index contributed by atoms with van der Waals surface area (Å²) in [5.41, 5.74) is 8.30. The van der Waals surface area contributed by atoms with E-state index in [1.165, 1.54) is 10.8 Å². The smallest absolute Gasteiger partial charge is 0.131 e. The highest BCUT2D eigenvalue weighted by molar-refractivity contribution is 5.88. The maximum Gasteiger partial charge on any atom is 0.131 e. The Kier molecular flexibility index (Phi) is 3.42. The Labute approximate surface area is 125 Å². The van der Waals surface area contributed by atoms with Gasteiger partial charge < -0.3 is 10.3 Å². The highest BCUT2D eigenvalue weighted by Gasteiger charge is 2.14. The Balaban J connectivity index is 2.10. The van der Waals surface area contributed by atoms with Crippen molar-refractivity contribution in [1.29, 1.82) is 0 Å². The molecular formula is C18H21N3. The molecule has 0 amide bonds. The number of aromatic nitrogens is 2. The van der Waals surface area contributed by atoms with Crippen molar-refractivity contribution < 1.29 is 0 Å². The molecule has 1 heterocycles. The number of fused-ring (bicyclic) bond motifs is 1. The van der Waals surface area contributed by atoms with E-state index in [1.54, 1.807) is 0 Å². The zero-order chi connectivity index (χ0) is 15.0. The second-order valence-corrected chi connectivity index (χ2v) is 5.96. The van der Waals surface area contributed by atoms with Gasteiger partial charge in [-0.05, 0) is 29.7 Å². The number of anilines is 1. The molecule has 0 aliphatic carbocycles. The SMILES string of the molecule is Cc1nc(-c2ccc3ccccc3c2)c(N)n1CC(C)C. The first-order chi connectivity index (χ1) is 10.1. The fourth-order valence-corrected chi connectivity index (χ4v) is 2.73. The predicted molar refractivity (Wildman–Crippen MR) is 89.2 cm³/mol. The van der Waals surface area contributed by atoms with E-state index in [4.69, 9.17) is 5.73 Å². The molecule has 0 fully saturated rings. The minimum absolute atomic E-state index is 0.546. The summed E-state index contributed by atoms with van der Waals surface area (Å²) in [6, 6.07) is 14.7. The van der Waals surface area contributed by atoms with E-state index in [-0.39, 0.29) is 0 Å².